The zero-order valence-corrected chi connectivity index (χ0v) is 12.7. The molecule has 112 valence electrons. The van der Waals surface area contributed by atoms with Crippen LogP contribution in [0.3, 0.4) is 0 Å². The Labute approximate surface area is 121 Å². The molecule has 4 heteroatoms. The number of nitrogens with zero attached hydrogens (tertiary/aromatic N) is 1. The first kappa shape index (κ1) is 14.1. The van der Waals surface area contributed by atoms with E-state index in [1.165, 1.54) is 31.2 Å². The largest absolute Gasteiger partial charge is 0.464 e. The Hall–Kier alpha value is -0.840. The predicted octanol–water partition coefficient (Wildman–Crippen LogP) is 2.45. The number of rotatable bonds is 9. The summed E-state index contributed by atoms with van der Waals surface area (Å²) in [5, 5.41) is 3.52. The van der Waals surface area contributed by atoms with Gasteiger partial charge in [0.1, 0.15) is 18.1 Å². The van der Waals surface area contributed by atoms with Crippen molar-refractivity contribution >= 4 is 0 Å². The normalized spacial score (nSPS) is 18.9. The molecule has 0 radical (unpaired) electrons. The molecule has 0 aliphatic heterocycles. The summed E-state index contributed by atoms with van der Waals surface area (Å²) in [5.41, 5.74) is 1.27. The molecule has 0 unspecified atom stereocenters. The van der Waals surface area contributed by atoms with Crippen LogP contribution in [0.15, 0.2) is 10.5 Å². The lowest BCUT2D eigenvalue weighted by Gasteiger charge is -2.14. The molecule has 1 aromatic rings. The van der Waals surface area contributed by atoms with Gasteiger partial charge in [-0.3, -0.25) is 0 Å². The molecule has 0 spiro atoms. The van der Waals surface area contributed by atoms with E-state index >= 15 is 0 Å². The SMILES string of the molecule is Cc1oc(COCCN(C)C2CC2)cc1CNC1CC1. The highest BCUT2D eigenvalue weighted by atomic mass is 16.5. The molecular weight excluding hydrogens is 252 g/mol. The molecule has 0 saturated heterocycles. The molecule has 2 aliphatic carbocycles. The van der Waals surface area contributed by atoms with Crippen LogP contribution >= 0.6 is 0 Å². The van der Waals surface area contributed by atoms with Gasteiger partial charge in [0.25, 0.3) is 0 Å². The van der Waals surface area contributed by atoms with Crippen LogP contribution in [-0.2, 0) is 17.9 Å². The molecule has 2 aliphatic rings. The van der Waals surface area contributed by atoms with Crippen LogP contribution in [0.1, 0.15) is 42.8 Å². The Morgan fingerprint density at radius 2 is 2.15 bits per heavy atom. The van der Waals surface area contributed by atoms with Crippen LogP contribution in [0.2, 0.25) is 0 Å². The van der Waals surface area contributed by atoms with E-state index in [9.17, 15) is 0 Å². The number of hydrogen-bond acceptors (Lipinski definition) is 4. The van der Waals surface area contributed by atoms with Crippen molar-refractivity contribution in [3.63, 3.8) is 0 Å². The van der Waals surface area contributed by atoms with Crippen molar-refractivity contribution in [3.05, 3.63) is 23.2 Å². The number of aryl methyl sites for hydroxylation is 1. The molecule has 1 aromatic heterocycles. The van der Waals surface area contributed by atoms with Crippen molar-refractivity contribution in [3.8, 4) is 0 Å². The van der Waals surface area contributed by atoms with Crippen molar-refractivity contribution in [1.29, 1.82) is 0 Å². The second kappa shape index (κ2) is 6.29. The van der Waals surface area contributed by atoms with Crippen molar-refractivity contribution in [2.45, 2.75) is 57.8 Å². The minimum Gasteiger partial charge on any atom is -0.464 e. The standard InChI is InChI=1S/C16H26N2O2/c1-12-13(10-17-14-3-4-14)9-16(20-12)11-19-8-7-18(2)15-5-6-15/h9,14-15,17H,3-8,10-11H2,1-2H3. The van der Waals surface area contributed by atoms with Crippen LogP contribution in [0.5, 0.6) is 0 Å². The summed E-state index contributed by atoms with van der Waals surface area (Å²) in [4.78, 5) is 2.39. The molecule has 2 saturated carbocycles. The highest BCUT2D eigenvalue weighted by molar-refractivity contribution is 5.20. The highest BCUT2D eigenvalue weighted by Gasteiger charge is 2.25. The molecule has 0 aromatic carbocycles. The fraction of sp³-hybridized carbons (Fsp3) is 0.750. The first-order valence-electron chi connectivity index (χ1n) is 7.82. The van der Waals surface area contributed by atoms with Gasteiger partial charge in [-0.25, -0.2) is 0 Å². The average molecular weight is 278 g/mol. The molecule has 4 nitrogen and oxygen atoms in total. The minimum atomic E-state index is 0.586. The maximum absolute atomic E-state index is 5.76. The molecular formula is C16H26N2O2. The molecule has 2 fully saturated rings. The smallest absolute Gasteiger partial charge is 0.130 e. The lowest BCUT2D eigenvalue weighted by Crippen LogP contribution is -2.25. The van der Waals surface area contributed by atoms with Gasteiger partial charge in [-0.05, 0) is 45.7 Å². The quantitative estimate of drug-likeness (QED) is 0.704. The molecule has 0 amide bonds. The Bertz CT molecular complexity index is 436. The fourth-order valence-corrected chi connectivity index (χ4v) is 2.46. The lowest BCUT2D eigenvalue weighted by molar-refractivity contribution is 0.0858. The number of likely N-dealkylation sites (N-methyl/N-ethyl adjacent to an activating group) is 1. The Balaban J connectivity index is 1.36. The van der Waals surface area contributed by atoms with E-state index in [1.807, 2.05) is 6.92 Å². The number of furan rings is 1. The third-order valence-corrected chi connectivity index (χ3v) is 4.23. The van der Waals surface area contributed by atoms with Crippen molar-refractivity contribution in [2.75, 3.05) is 20.2 Å². The summed E-state index contributed by atoms with van der Waals surface area (Å²) in [7, 11) is 2.18. The average Bonchev–Trinajstić information content (AvgIpc) is 3.32. The molecule has 1 N–H and O–H groups in total. The van der Waals surface area contributed by atoms with Crippen molar-refractivity contribution < 1.29 is 9.15 Å². The van der Waals surface area contributed by atoms with E-state index in [0.717, 1.165) is 43.3 Å². The van der Waals surface area contributed by atoms with Gasteiger partial charge in [0, 0.05) is 30.7 Å². The Kier molecular flexibility index (Phi) is 4.44. The van der Waals surface area contributed by atoms with Crippen LogP contribution < -0.4 is 5.32 Å². The summed E-state index contributed by atoms with van der Waals surface area (Å²) in [6.07, 6.45) is 5.35. The van der Waals surface area contributed by atoms with Crippen molar-refractivity contribution in [1.82, 2.24) is 10.2 Å². The van der Waals surface area contributed by atoms with Gasteiger partial charge < -0.3 is 19.4 Å². The van der Waals surface area contributed by atoms with E-state index in [1.54, 1.807) is 0 Å². The molecule has 1 heterocycles. The lowest BCUT2D eigenvalue weighted by atomic mass is 10.2. The number of nitrogens with one attached hydrogen (secondary N) is 1. The monoisotopic (exact) mass is 278 g/mol. The van der Waals surface area contributed by atoms with E-state index < -0.39 is 0 Å². The second-order valence-corrected chi connectivity index (χ2v) is 6.21. The summed E-state index contributed by atoms with van der Waals surface area (Å²) < 4.78 is 11.5. The topological polar surface area (TPSA) is 37.6 Å². The summed E-state index contributed by atoms with van der Waals surface area (Å²) in [6, 6.07) is 3.68. The van der Waals surface area contributed by atoms with E-state index in [2.05, 4.69) is 23.3 Å². The van der Waals surface area contributed by atoms with Gasteiger partial charge >= 0.3 is 0 Å². The Morgan fingerprint density at radius 1 is 1.35 bits per heavy atom. The van der Waals surface area contributed by atoms with Gasteiger partial charge in [0.2, 0.25) is 0 Å². The molecule has 0 atom stereocenters. The third kappa shape index (κ3) is 4.08. The van der Waals surface area contributed by atoms with Gasteiger partial charge in [-0.15, -0.1) is 0 Å². The van der Waals surface area contributed by atoms with Gasteiger partial charge in [0.15, 0.2) is 0 Å². The van der Waals surface area contributed by atoms with Crippen LogP contribution in [0.4, 0.5) is 0 Å². The maximum atomic E-state index is 5.76. The summed E-state index contributed by atoms with van der Waals surface area (Å²) in [6.45, 7) is 5.34. The summed E-state index contributed by atoms with van der Waals surface area (Å²) >= 11 is 0. The van der Waals surface area contributed by atoms with Gasteiger partial charge in [0.05, 0.1) is 6.61 Å². The van der Waals surface area contributed by atoms with Crippen LogP contribution in [0, 0.1) is 6.92 Å². The van der Waals surface area contributed by atoms with Crippen LogP contribution in [-0.4, -0.2) is 37.2 Å². The maximum Gasteiger partial charge on any atom is 0.130 e. The van der Waals surface area contributed by atoms with Crippen molar-refractivity contribution in [2.24, 2.45) is 0 Å². The minimum absolute atomic E-state index is 0.586. The molecule has 0 bridgehead atoms. The number of hydrogen-bond donors (Lipinski definition) is 1. The van der Waals surface area contributed by atoms with E-state index in [4.69, 9.17) is 9.15 Å². The summed E-state index contributed by atoms with van der Waals surface area (Å²) in [5.74, 6) is 1.97. The van der Waals surface area contributed by atoms with Crippen LogP contribution in [0.25, 0.3) is 0 Å². The number of ether oxygens (including phenoxy) is 1. The molecule has 20 heavy (non-hydrogen) atoms. The first-order valence-corrected chi connectivity index (χ1v) is 7.82. The van der Waals surface area contributed by atoms with E-state index in [-0.39, 0.29) is 0 Å². The fourth-order valence-electron chi connectivity index (χ4n) is 2.46. The zero-order valence-electron chi connectivity index (χ0n) is 12.7. The molecule has 3 rings (SSSR count). The van der Waals surface area contributed by atoms with E-state index in [0.29, 0.717) is 6.61 Å². The predicted molar refractivity (Wildman–Crippen MR) is 78.6 cm³/mol. The zero-order chi connectivity index (χ0) is 13.9. The first-order chi connectivity index (χ1) is 9.72. The Morgan fingerprint density at radius 3 is 2.85 bits per heavy atom. The second-order valence-electron chi connectivity index (χ2n) is 6.21. The van der Waals surface area contributed by atoms with Gasteiger partial charge in [-0.2, -0.15) is 0 Å². The van der Waals surface area contributed by atoms with Gasteiger partial charge in [-0.1, -0.05) is 0 Å². The highest BCUT2D eigenvalue weighted by Crippen LogP contribution is 2.25. The third-order valence-electron chi connectivity index (χ3n) is 4.23.